The van der Waals surface area contributed by atoms with Crippen LogP contribution in [0, 0.1) is 10.1 Å². The molecule has 1 rings (SSSR count). The number of ketones is 1. The topological polar surface area (TPSA) is 60.2 Å². The van der Waals surface area contributed by atoms with Gasteiger partial charge < -0.3 is 0 Å². The molecule has 4 heteroatoms. The summed E-state index contributed by atoms with van der Waals surface area (Å²) in [5.74, 6) is 0.00144. The van der Waals surface area contributed by atoms with Crippen molar-refractivity contribution in [2.24, 2.45) is 0 Å². The Morgan fingerprint density at radius 2 is 2.06 bits per heavy atom. The van der Waals surface area contributed by atoms with Gasteiger partial charge in [-0.2, -0.15) is 0 Å². The van der Waals surface area contributed by atoms with Crippen molar-refractivity contribution < 1.29 is 9.72 Å². The van der Waals surface area contributed by atoms with Gasteiger partial charge in [-0.25, -0.2) is 0 Å². The maximum Gasteiger partial charge on any atom is 0.269 e. The Morgan fingerprint density at radius 3 is 2.44 bits per heavy atom. The van der Waals surface area contributed by atoms with E-state index in [1.165, 1.54) is 19.1 Å². The molecule has 0 bridgehead atoms. The van der Waals surface area contributed by atoms with Gasteiger partial charge in [0.15, 0.2) is 0 Å². The summed E-state index contributed by atoms with van der Waals surface area (Å²) in [7, 11) is 0. The Kier molecular flexibility index (Phi) is 3.94. The molecule has 0 amide bonds. The van der Waals surface area contributed by atoms with Gasteiger partial charge >= 0.3 is 0 Å². The van der Waals surface area contributed by atoms with Crippen LogP contribution in [0.15, 0.2) is 36.9 Å². The van der Waals surface area contributed by atoms with Crippen LogP contribution in [0.2, 0.25) is 0 Å². The first kappa shape index (κ1) is 12.1. The predicted molar refractivity (Wildman–Crippen MR) is 61.3 cm³/mol. The first-order chi connectivity index (χ1) is 7.54. The lowest BCUT2D eigenvalue weighted by atomic mass is 9.94. The van der Waals surface area contributed by atoms with Gasteiger partial charge in [-0.3, -0.25) is 14.9 Å². The number of nitrogens with zero attached hydrogens (tertiary/aromatic N) is 1. The fraction of sp³-hybridized carbons (Fsp3) is 0.250. The van der Waals surface area contributed by atoms with E-state index in [0.29, 0.717) is 6.42 Å². The lowest BCUT2D eigenvalue weighted by Crippen LogP contribution is -2.01. The standard InChI is InChI=1S/C12H13NO3/c1-3-10(8-9(2)14)11-4-6-12(7-5-11)13(15)16/h3-7,10H,1,8H2,2H3. The van der Waals surface area contributed by atoms with Crippen LogP contribution >= 0.6 is 0 Å². The second kappa shape index (κ2) is 5.21. The highest BCUT2D eigenvalue weighted by atomic mass is 16.6. The number of hydrogen-bond acceptors (Lipinski definition) is 3. The zero-order chi connectivity index (χ0) is 12.1. The average Bonchev–Trinajstić information content (AvgIpc) is 2.25. The van der Waals surface area contributed by atoms with E-state index in [9.17, 15) is 14.9 Å². The average molecular weight is 219 g/mol. The lowest BCUT2D eigenvalue weighted by molar-refractivity contribution is -0.384. The van der Waals surface area contributed by atoms with Gasteiger partial charge in [0.05, 0.1) is 4.92 Å². The Bertz CT molecular complexity index is 409. The summed E-state index contributed by atoms with van der Waals surface area (Å²) >= 11 is 0. The van der Waals surface area contributed by atoms with Gasteiger partial charge in [0.2, 0.25) is 0 Å². The Labute approximate surface area is 93.7 Å². The number of hydrogen-bond donors (Lipinski definition) is 0. The van der Waals surface area contributed by atoms with Gasteiger partial charge in [-0.05, 0) is 12.5 Å². The molecule has 16 heavy (non-hydrogen) atoms. The summed E-state index contributed by atoms with van der Waals surface area (Å²) in [5, 5.41) is 10.5. The van der Waals surface area contributed by atoms with Crippen LogP contribution in [-0.4, -0.2) is 10.7 Å². The monoisotopic (exact) mass is 219 g/mol. The molecule has 0 fully saturated rings. The number of carbonyl (C=O) groups excluding carboxylic acids is 1. The summed E-state index contributed by atoms with van der Waals surface area (Å²) in [5.41, 5.74) is 0.921. The van der Waals surface area contributed by atoms with Gasteiger partial charge in [0.25, 0.3) is 5.69 Å². The van der Waals surface area contributed by atoms with Crippen molar-refractivity contribution in [3.8, 4) is 0 Å². The molecule has 1 atom stereocenters. The number of allylic oxidation sites excluding steroid dienone is 1. The fourth-order valence-electron chi connectivity index (χ4n) is 1.49. The highest BCUT2D eigenvalue weighted by Gasteiger charge is 2.11. The van der Waals surface area contributed by atoms with Crippen LogP contribution < -0.4 is 0 Å². The summed E-state index contributed by atoms with van der Waals surface area (Å²) in [4.78, 5) is 21.0. The molecule has 84 valence electrons. The van der Waals surface area contributed by atoms with Crippen LogP contribution in [0.1, 0.15) is 24.8 Å². The minimum absolute atomic E-state index is 0.0504. The number of carbonyl (C=O) groups is 1. The van der Waals surface area contributed by atoms with E-state index in [2.05, 4.69) is 6.58 Å². The molecule has 0 spiro atoms. The van der Waals surface area contributed by atoms with Gasteiger partial charge in [-0.15, -0.1) is 6.58 Å². The Morgan fingerprint density at radius 1 is 1.50 bits per heavy atom. The second-order valence-electron chi connectivity index (χ2n) is 3.60. The molecule has 0 aromatic heterocycles. The van der Waals surface area contributed by atoms with Crippen molar-refractivity contribution in [2.45, 2.75) is 19.3 Å². The molecule has 0 heterocycles. The van der Waals surface area contributed by atoms with E-state index in [4.69, 9.17) is 0 Å². The molecule has 0 aliphatic rings. The molecule has 0 aliphatic heterocycles. The maximum absolute atomic E-state index is 11.0. The Balaban J connectivity index is 2.90. The summed E-state index contributed by atoms with van der Waals surface area (Å²) in [6, 6.07) is 6.19. The van der Waals surface area contributed by atoms with Crippen molar-refractivity contribution in [3.63, 3.8) is 0 Å². The summed E-state index contributed by atoms with van der Waals surface area (Å²) < 4.78 is 0. The number of Topliss-reactive ketones (excluding diaryl/α,β-unsaturated/α-hetero) is 1. The van der Waals surface area contributed by atoms with E-state index in [-0.39, 0.29) is 17.4 Å². The zero-order valence-electron chi connectivity index (χ0n) is 9.05. The minimum Gasteiger partial charge on any atom is -0.300 e. The quantitative estimate of drug-likeness (QED) is 0.434. The molecular weight excluding hydrogens is 206 g/mol. The van der Waals surface area contributed by atoms with E-state index >= 15 is 0 Å². The van der Waals surface area contributed by atoms with E-state index in [1.807, 2.05) is 0 Å². The van der Waals surface area contributed by atoms with Crippen molar-refractivity contribution in [3.05, 3.63) is 52.6 Å². The van der Waals surface area contributed by atoms with Crippen LogP contribution in [0.3, 0.4) is 0 Å². The molecule has 1 aromatic carbocycles. The number of rotatable bonds is 5. The number of non-ortho nitro benzene ring substituents is 1. The van der Waals surface area contributed by atoms with Crippen molar-refractivity contribution in [1.29, 1.82) is 0 Å². The SMILES string of the molecule is C=CC(CC(C)=O)c1ccc([N+](=O)[O-])cc1. The molecule has 1 aromatic rings. The second-order valence-corrected chi connectivity index (χ2v) is 3.60. The van der Waals surface area contributed by atoms with Crippen molar-refractivity contribution >= 4 is 11.5 Å². The molecule has 0 saturated carbocycles. The number of benzene rings is 1. The molecule has 0 N–H and O–H groups in total. The van der Waals surface area contributed by atoms with Crippen LogP contribution in [-0.2, 0) is 4.79 Å². The largest absolute Gasteiger partial charge is 0.300 e. The molecular formula is C12H13NO3. The highest BCUT2D eigenvalue weighted by molar-refractivity contribution is 5.76. The number of nitro benzene ring substituents is 1. The van der Waals surface area contributed by atoms with Gasteiger partial charge in [0, 0.05) is 24.5 Å². The van der Waals surface area contributed by atoms with Crippen molar-refractivity contribution in [2.75, 3.05) is 0 Å². The lowest BCUT2D eigenvalue weighted by Gasteiger charge is -2.10. The normalized spacial score (nSPS) is 11.8. The smallest absolute Gasteiger partial charge is 0.269 e. The number of nitro groups is 1. The van der Waals surface area contributed by atoms with E-state index < -0.39 is 4.92 Å². The molecule has 0 saturated heterocycles. The van der Waals surface area contributed by atoms with Crippen LogP contribution in [0.5, 0.6) is 0 Å². The van der Waals surface area contributed by atoms with Crippen LogP contribution in [0.25, 0.3) is 0 Å². The highest BCUT2D eigenvalue weighted by Crippen LogP contribution is 2.23. The fourth-order valence-corrected chi connectivity index (χ4v) is 1.49. The van der Waals surface area contributed by atoms with Crippen LogP contribution in [0.4, 0.5) is 5.69 Å². The minimum atomic E-state index is -0.447. The first-order valence-electron chi connectivity index (χ1n) is 4.91. The van der Waals surface area contributed by atoms with Gasteiger partial charge in [0.1, 0.15) is 5.78 Å². The maximum atomic E-state index is 11.0. The molecule has 4 nitrogen and oxygen atoms in total. The third-order valence-electron chi connectivity index (χ3n) is 2.32. The Hall–Kier alpha value is -1.97. The summed E-state index contributed by atoms with van der Waals surface area (Å²) in [6.45, 7) is 5.18. The predicted octanol–water partition coefficient (Wildman–Crippen LogP) is 2.84. The zero-order valence-corrected chi connectivity index (χ0v) is 9.05. The molecule has 0 aliphatic carbocycles. The summed E-state index contributed by atoms with van der Waals surface area (Å²) in [6.07, 6.45) is 2.06. The van der Waals surface area contributed by atoms with E-state index in [0.717, 1.165) is 5.56 Å². The molecule has 0 radical (unpaired) electrons. The van der Waals surface area contributed by atoms with E-state index in [1.54, 1.807) is 18.2 Å². The van der Waals surface area contributed by atoms with Gasteiger partial charge in [-0.1, -0.05) is 18.2 Å². The van der Waals surface area contributed by atoms with Crippen molar-refractivity contribution in [1.82, 2.24) is 0 Å². The molecule has 1 unspecified atom stereocenters. The third-order valence-corrected chi connectivity index (χ3v) is 2.32. The third kappa shape index (κ3) is 3.02. The first-order valence-corrected chi connectivity index (χ1v) is 4.91.